The Balaban J connectivity index is 1.79. The fourth-order valence-electron chi connectivity index (χ4n) is 1.83. The minimum absolute atomic E-state index is 0.0905. The second-order valence-corrected chi connectivity index (χ2v) is 5.48. The van der Waals surface area contributed by atoms with Crippen molar-refractivity contribution in [2.75, 3.05) is 19.8 Å². The normalized spacial score (nSPS) is 22.2. The minimum Gasteiger partial charge on any atom is -0.444 e. The van der Waals surface area contributed by atoms with Gasteiger partial charge in [0.05, 0.1) is 18.7 Å². The highest BCUT2D eigenvalue weighted by Crippen LogP contribution is 2.17. The standard InChI is InChI=1S/C12H15BrN2O4/c1-12(4-5-18-7-12)15-10(16)6-14-11(17)8-2-3-9(13)19-8/h2-3H,4-7H2,1H3,(H,14,17)(H,15,16)/t12-/m0/s1. The smallest absolute Gasteiger partial charge is 0.287 e. The minimum atomic E-state index is -0.423. The first-order valence-corrected chi connectivity index (χ1v) is 6.70. The van der Waals surface area contributed by atoms with Gasteiger partial charge in [-0.1, -0.05) is 0 Å². The molecule has 1 aromatic rings. The second kappa shape index (κ2) is 5.75. The maximum atomic E-state index is 11.7. The topological polar surface area (TPSA) is 80.6 Å². The summed E-state index contributed by atoms with van der Waals surface area (Å²) in [4.78, 5) is 23.4. The maximum absolute atomic E-state index is 11.7. The molecule has 0 unspecified atom stereocenters. The number of rotatable bonds is 4. The lowest BCUT2D eigenvalue weighted by Gasteiger charge is -2.23. The molecular weight excluding hydrogens is 316 g/mol. The van der Waals surface area contributed by atoms with Gasteiger partial charge in [0.15, 0.2) is 10.4 Å². The first-order chi connectivity index (χ1) is 8.98. The predicted molar refractivity (Wildman–Crippen MR) is 70.7 cm³/mol. The summed E-state index contributed by atoms with van der Waals surface area (Å²) in [6, 6.07) is 3.15. The van der Waals surface area contributed by atoms with Gasteiger partial charge in [0.2, 0.25) is 5.91 Å². The third-order valence-electron chi connectivity index (χ3n) is 2.87. The van der Waals surface area contributed by atoms with Crippen molar-refractivity contribution in [1.82, 2.24) is 10.6 Å². The molecule has 1 atom stereocenters. The van der Waals surface area contributed by atoms with Gasteiger partial charge in [-0.2, -0.15) is 0 Å². The van der Waals surface area contributed by atoms with Gasteiger partial charge in [0.1, 0.15) is 0 Å². The summed E-state index contributed by atoms with van der Waals surface area (Å²) in [7, 11) is 0. The Kier molecular flexibility index (Phi) is 4.26. The van der Waals surface area contributed by atoms with Crippen LogP contribution in [0.4, 0.5) is 0 Å². The molecule has 6 nitrogen and oxygen atoms in total. The van der Waals surface area contributed by atoms with E-state index in [1.807, 2.05) is 6.92 Å². The summed E-state index contributed by atoms with van der Waals surface area (Å²) < 4.78 is 10.8. The van der Waals surface area contributed by atoms with E-state index in [-0.39, 0.29) is 23.8 Å². The van der Waals surface area contributed by atoms with E-state index in [0.717, 1.165) is 6.42 Å². The Morgan fingerprint density at radius 2 is 2.26 bits per heavy atom. The Morgan fingerprint density at radius 1 is 1.47 bits per heavy atom. The highest BCUT2D eigenvalue weighted by molar-refractivity contribution is 9.10. The molecule has 0 radical (unpaired) electrons. The number of halogens is 1. The summed E-state index contributed by atoms with van der Waals surface area (Å²) >= 11 is 3.11. The highest BCUT2D eigenvalue weighted by Gasteiger charge is 2.31. The van der Waals surface area contributed by atoms with Gasteiger partial charge >= 0.3 is 0 Å². The molecule has 1 aromatic heterocycles. The fourth-order valence-corrected chi connectivity index (χ4v) is 2.14. The molecule has 104 valence electrons. The van der Waals surface area contributed by atoms with Gasteiger partial charge in [0.25, 0.3) is 5.91 Å². The number of carbonyl (C=O) groups excluding carboxylic acids is 2. The van der Waals surface area contributed by atoms with Crippen molar-refractivity contribution in [3.63, 3.8) is 0 Å². The van der Waals surface area contributed by atoms with Crippen molar-refractivity contribution in [3.05, 3.63) is 22.6 Å². The zero-order valence-electron chi connectivity index (χ0n) is 10.5. The quantitative estimate of drug-likeness (QED) is 0.865. The van der Waals surface area contributed by atoms with Crippen LogP contribution >= 0.6 is 15.9 Å². The van der Waals surface area contributed by atoms with Crippen LogP contribution in [0.5, 0.6) is 0 Å². The maximum Gasteiger partial charge on any atom is 0.287 e. The molecule has 1 aliphatic heterocycles. The number of hydrogen-bond acceptors (Lipinski definition) is 4. The third kappa shape index (κ3) is 3.81. The highest BCUT2D eigenvalue weighted by atomic mass is 79.9. The van der Waals surface area contributed by atoms with E-state index >= 15 is 0 Å². The Hall–Kier alpha value is -1.34. The first kappa shape index (κ1) is 14.1. The van der Waals surface area contributed by atoms with E-state index in [4.69, 9.17) is 9.15 Å². The predicted octanol–water partition coefficient (Wildman–Crippen LogP) is 1.07. The van der Waals surface area contributed by atoms with E-state index in [2.05, 4.69) is 26.6 Å². The summed E-state index contributed by atoms with van der Waals surface area (Å²) in [5.74, 6) is -0.504. The molecule has 1 aliphatic rings. The molecule has 0 saturated carbocycles. The van der Waals surface area contributed by atoms with Crippen molar-refractivity contribution in [2.45, 2.75) is 18.9 Å². The molecule has 1 saturated heterocycles. The lowest BCUT2D eigenvalue weighted by Crippen LogP contribution is -2.49. The number of carbonyl (C=O) groups is 2. The van der Waals surface area contributed by atoms with Gasteiger partial charge in [0, 0.05) is 6.61 Å². The van der Waals surface area contributed by atoms with Crippen molar-refractivity contribution >= 4 is 27.7 Å². The molecule has 2 amide bonds. The molecule has 0 aromatic carbocycles. The molecule has 2 N–H and O–H groups in total. The van der Waals surface area contributed by atoms with E-state index < -0.39 is 5.91 Å². The Bertz CT molecular complexity index is 480. The van der Waals surface area contributed by atoms with Gasteiger partial charge in [-0.25, -0.2) is 0 Å². The SMILES string of the molecule is C[C@]1(NC(=O)CNC(=O)c2ccc(Br)o2)CCOC1. The zero-order valence-corrected chi connectivity index (χ0v) is 12.1. The van der Waals surface area contributed by atoms with Crippen molar-refractivity contribution in [1.29, 1.82) is 0 Å². The van der Waals surface area contributed by atoms with Crippen LogP contribution < -0.4 is 10.6 Å². The van der Waals surface area contributed by atoms with E-state index in [1.54, 1.807) is 6.07 Å². The van der Waals surface area contributed by atoms with Crippen LogP contribution in [0.15, 0.2) is 21.2 Å². The average Bonchev–Trinajstić information content (AvgIpc) is 2.95. The molecule has 2 heterocycles. The Labute approximate surface area is 119 Å². The largest absolute Gasteiger partial charge is 0.444 e. The third-order valence-corrected chi connectivity index (χ3v) is 3.29. The summed E-state index contributed by atoms with van der Waals surface area (Å²) in [5.41, 5.74) is -0.338. The fraction of sp³-hybridized carbons (Fsp3) is 0.500. The van der Waals surface area contributed by atoms with Crippen molar-refractivity contribution in [2.24, 2.45) is 0 Å². The average molecular weight is 331 g/mol. The van der Waals surface area contributed by atoms with Crippen LogP contribution in [-0.2, 0) is 9.53 Å². The van der Waals surface area contributed by atoms with Gasteiger partial charge < -0.3 is 19.8 Å². The van der Waals surface area contributed by atoms with Crippen LogP contribution in [0.25, 0.3) is 0 Å². The molecule has 0 aliphatic carbocycles. The lowest BCUT2D eigenvalue weighted by molar-refractivity contribution is -0.121. The Morgan fingerprint density at radius 3 is 2.84 bits per heavy atom. The molecule has 7 heteroatoms. The van der Waals surface area contributed by atoms with Crippen LogP contribution in [-0.4, -0.2) is 37.1 Å². The van der Waals surface area contributed by atoms with Crippen LogP contribution in [0.3, 0.4) is 0 Å². The second-order valence-electron chi connectivity index (χ2n) is 4.70. The van der Waals surface area contributed by atoms with Crippen molar-refractivity contribution < 1.29 is 18.7 Å². The van der Waals surface area contributed by atoms with E-state index in [9.17, 15) is 9.59 Å². The number of ether oxygens (including phenoxy) is 1. The molecule has 2 rings (SSSR count). The van der Waals surface area contributed by atoms with Crippen LogP contribution in [0, 0.1) is 0 Å². The van der Waals surface area contributed by atoms with Gasteiger partial charge in [-0.15, -0.1) is 0 Å². The molecule has 19 heavy (non-hydrogen) atoms. The molecule has 1 fully saturated rings. The summed E-state index contributed by atoms with van der Waals surface area (Å²) in [5, 5.41) is 5.35. The number of hydrogen-bond donors (Lipinski definition) is 2. The molecule has 0 spiro atoms. The summed E-state index contributed by atoms with van der Waals surface area (Å²) in [6.07, 6.45) is 0.776. The lowest BCUT2D eigenvalue weighted by atomic mass is 10.0. The van der Waals surface area contributed by atoms with Crippen LogP contribution in [0.2, 0.25) is 0 Å². The number of furan rings is 1. The molecular formula is C12H15BrN2O4. The van der Waals surface area contributed by atoms with E-state index in [0.29, 0.717) is 17.9 Å². The van der Waals surface area contributed by atoms with E-state index in [1.165, 1.54) is 6.07 Å². The van der Waals surface area contributed by atoms with Gasteiger partial charge in [-0.3, -0.25) is 9.59 Å². The number of nitrogens with one attached hydrogen (secondary N) is 2. The first-order valence-electron chi connectivity index (χ1n) is 5.91. The number of amides is 2. The van der Waals surface area contributed by atoms with Gasteiger partial charge in [-0.05, 0) is 41.4 Å². The molecule has 0 bridgehead atoms. The summed E-state index contributed by atoms with van der Waals surface area (Å²) in [6.45, 7) is 2.97. The van der Waals surface area contributed by atoms with Crippen molar-refractivity contribution in [3.8, 4) is 0 Å². The zero-order chi connectivity index (χ0) is 13.9. The monoisotopic (exact) mass is 330 g/mol. The van der Waals surface area contributed by atoms with Crippen LogP contribution in [0.1, 0.15) is 23.9 Å².